The maximum Gasteiger partial charge on any atom is 0.262 e. The van der Waals surface area contributed by atoms with Crippen molar-refractivity contribution in [2.45, 2.75) is 31.7 Å². The summed E-state index contributed by atoms with van der Waals surface area (Å²) in [5.41, 5.74) is 2.44. The van der Waals surface area contributed by atoms with Crippen molar-refractivity contribution in [1.82, 2.24) is 9.91 Å². The number of rotatable bonds is 11. The predicted octanol–water partition coefficient (Wildman–Crippen LogP) is 3.67. The Balaban J connectivity index is 1.64. The number of carbonyl (C=O) groups is 2. The van der Waals surface area contributed by atoms with Crippen LogP contribution in [0.15, 0.2) is 47.6 Å². The van der Waals surface area contributed by atoms with E-state index in [9.17, 15) is 9.59 Å². The van der Waals surface area contributed by atoms with Crippen molar-refractivity contribution < 1.29 is 28.5 Å². The largest absolute Gasteiger partial charge is 0.497 e. The molecule has 9 nitrogen and oxygen atoms in total. The van der Waals surface area contributed by atoms with Crippen LogP contribution in [-0.2, 0) is 14.3 Å². The average molecular weight is 510 g/mol. The highest BCUT2D eigenvalue weighted by Crippen LogP contribution is 2.37. The molecular formula is C28H35N3O6. The van der Waals surface area contributed by atoms with Gasteiger partial charge in [-0.15, -0.1) is 0 Å². The first-order valence-corrected chi connectivity index (χ1v) is 12.5. The van der Waals surface area contributed by atoms with Gasteiger partial charge in [0.25, 0.3) is 5.91 Å². The molecule has 1 heterocycles. The summed E-state index contributed by atoms with van der Waals surface area (Å²) in [6, 6.07) is 12.8. The molecule has 2 aromatic carbocycles. The molecule has 1 atom stereocenters. The summed E-state index contributed by atoms with van der Waals surface area (Å²) in [5.74, 6) is 1.77. The number of hydrogen-bond donors (Lipinski definition) is 0. The van der Waals surface area contributed by atoms with Crippen molar-refractivity contribution in [2.75, 3.05) is 48.1 Å². The van der Waals surface area contributed by atoms with Crippen LogP contribution in [0.5, 0.6) is 17.2 Å². The summed E-state index contributed by atoms with van der Waals surface area (Å²) in [6.07, 6.45) is 3.28. The van der Waals surface area contributed by atoms with Gasteiger partial charge in [0.2, 0.25) is 5.91 Å². The van der Waals surface area contributed by atoms with Gasteiger partial charge in [-0.3, -0.25) is 9.59 Å². The highest BCUT2D eigenvalue weighted by Gasteiger charge is 2.37. The second-order valence-corrected chi connectivity index (χ2v) is 9.22. The van der Waals surface area contributed by atoms with E-state index in [1.54, 1.807) is 39.4 Å². The monoisotopic (exact) mass is 509 g/mol. The highest BCUT2D eigenvalue weighted by atomic mass is 16.5. The number of amides is 2. The van der Waals surface area contributed by atoms with E-state index < -0.39 is 0 Å². The SMILES string of the molecule is COCCN(CC(=O)N1N=C(c2ccc(OC)cc2OC)CC1c1ccc(OC)cc1)C(=O)C1CCC1. The lowest BCUT2D eigenvalue weighted by Gasteiger charge is -2.32. The van der Waals surface area contributed by atoms with Gasteiger partial charge in [0.05, 0.1) is 39.7 Å². The second kappa shape index (κ2) is 12.1. The fourth-order valence-corrected chi connectivity index (χ4v) is 4.64. The summed E-state index contributed by atoms with van der Waals surface area (Å²) < 4.78 is 21.5. The third-order valence-corrected chi connectivity index (χ3v) is 7.04. The zero-order valence-corrected chi connectivity index (χ0v) is 21.9. The van der Waals surface area contributed by atoms with Gasteiger partial charge in [-0.1, -0.05) is 18.6 Å². The molecule has 1 aliphatic carbocycles. The molecule has 0 radical (unpaired) electrons. The topological polar surface area (TPSA) is 89.9 Å². The molecule has 1 fully saturated rings. The normalized spacial score (nSPS) is 17.1. The van der Waals surface area contributed by atoms with Gasteiger partial charge in [-0.2, -0.15) is 5.10 Å². The second-order valence-electron chi connectivity index (χ2n) is 9.22. The van der Waals surface area contributed by atoms with Crippen LogP contribution in [0.1, 0.15) is 42.9 Å². The maximum atomic E-state index is 13.7. The van der Waals surface area contributed by atoms with Crippen LogP contribution in [0.4, 0.5) is 0 Å². The van der Waals surface area contributed by atoms with Crippen LogP contribution in [0.2, 0.25) is 0 Å². The third-order valence-electron chi connectivity index (χ3n) is 7.04. The standard InChI is InChI=1S/C28H35N3O6/c1-34-15-14-30(28(33)20-6-5-7-20)18-27(32)31-25(19-8-10-21(35-2)11-9-19)17-24(29-31)23-13-12-22(36-3)16-26(23)37-4/h8-13,16,20,25H,5-7,14-15,17-18H2,1-4H3. The van der Waals surface area contributed by atoms with Crippen LogP contribution >= 0.6 is 0 Å². The van der Waals surface area contributed by atoms with Gasteiger partial charge in [-0.05, 0) is 42.7 Å². The smallest absolute Gasteiger partial charge is 0.262 e. The molecule has 198 valence electrons. The summed E-state index contributed by atoms with van der Waals surface area (Å²) in [4.78, 5) is 28.4. The van der Waals surface area contributed by atoms with Gasteiger partial charge in [0, 0.05) is 37.6 Å². The summed E-state index contributed by atoms with van der Waals surface area (Å²) in [7, 11) is 6.40. The molecule has 9 heteroatoms. The predicted molar refractivity (Wildman–Crippen MR) is 139 cm³/mol. The molecule has 0 N–H and O–H groups in total. The Hall–Kier alpha value is -3.59. The Labute approximate surface area is 217 Å². The van der Waals surface area contributed by atoms with Crippen LogP contribution < -0.4 is 14.2 Å². The number of carbonyl (C=O) groups excluding carboxylic acids is 2. The first-order valence-electron chi connectivity index (χ1n) is 12.5. The maximum absolute atomic E-state index is 13.7. The Kier molecular flexibility index (Phi) is 8.66. The third kappa shape index (κ3) is 5.88. The summed E-state index contributed by atoms with van der Waals surface area (Å²) in [6.45, 7) is 0.675. The molecule has 2 aromatic rings. The number of ether oxygens (including phenoxy) is 4. The van der Waals surface area contributed by atoms with Gasteiger partial charge in [0.15, 0.2) is 0 Å². The van der Waals surface area contributed by atoms with E-state index in [1.165, 1.54) is 5.01 Å². The molecule has 0 saturated heterocycles. The van der Waals surface area contributed by atoms with Gasteiger partial charge in [0.1, 0.15) is 23.8 Å². The fourth-order valence-electron chi connectivity index (χ4n) is 4.64. The van der Waals surface area contributed by atoms with E-state index in [-0.39, 0.29) is 30.3 Å². The van der Waals surface area contributed by atoms with Gasteiger partial charge < -0.3 is 23.8 Å². The highest BCUT2D eigenvalue weighted by molar-refractivity contribution is 6.05. The number of hydrogen-bond acceptors (Lipinski definition) is 7. The molecule has 2 aliphatic rings. The fraction of sp³-hybridized carbons (Fsp3) is 0.464. The molecule has 2 amide bonds. The summed E-state index contributed by atoms with van der Waals surface area (Å²) in [5, 5.41) is 6.28. The first-order chi connectivity index (χ1) is 18.0. The van der Waals surface area contributed by atoms with E-state index in [0.717, 1.165) is 41.9 Å². The Morgan fingerprint density at radius 2 is 1.68 bits per heavy atom. The number of hydrazone groups is 1. The van der Waals surface area contributed by atoms with E-state index in [0.29, 0.717) is 31.1 Å². The molecule has 0 bridgehead atoms. The van der Waals surface area contributed by atoms with Crippen molar-refractivity contribution >= 4 is 17.5 Å². The van der Waals surface area contributed by atoms with Crippen LogP contribution in [-0.4, -0.2) is 75.6 Å². The molecule has 1 saturated carbocycles. The molecule has 0 spiro atoms. The minimum absolute atomic E-state index is 0.0109. The molecular weight excluding hydrogens is 474 g/mol. The molecule has 1 unspecified atom stereocenters. The Bertz CT molecular complexity index is 1130. The number of nitrogens with zero attached hydrogens (tertiary/aromatic N) is 3. The van der Waals surface area contributed by atoms with Crippen molar-refractivity contribution in [1.29, 1.82) is 0 Å². The van der Waals surface area contributed by atoms with E-state index >= 15 is 0 Å². The van der Waals surface area contributed by atoms with Gasteiger partial charge >= 0.3 is 0 Å². The van der Waals surface area contributed by atoms with E-state index in [2.05, 4.69) is 0 Å². The van der Waals surface area contributed by atoms with Crippen molar-refractivity contribution in [3.05, 3.63) is 53.6 Å². The minimum Gasteiger partial charge on any atom is -0.497 e. The zero-order valence-electron chi connectivity index (χ0n) is 21.9. The minimum atomic E-state index is -0.330. The molecule has 4 rings (SSSR count). The van der Waals surface area contributed by atoms with Crippen molar-refractivity contribution in [3.8, 4) is 17.2 Å². The van der Waals surface area contributed by atoms with Gasteiger partial charge in [-0.25, -0.2) is 5.01 Å². The Morgan fingerprint density at radius 1 is 0.973 bits per heavy atom. The van der Waals surface area contributed by atoms with E-state index in [4.69, 9.17) is 24.0 Å². The average Bonchev–Trinajstić information content (AvgIpc) is 3.35. The Morgan fingerprint density at radius 3 is 2.27 bits per heavy atom. The molecule has 0 aromatic heterocycles. The lowest BCUT2D eigenvalue weighted by atomic mass is 9.84. The van der Waals surface area contributed by atoms with Crippen LogP contribution in [0, 0.1) is 5.92 Å². The zero-order chi connectivity index (χ0) is 26.4. The number of benzene rings is 2. The first kappa shape index (κ1) is 26.5. The van der Waals surface area contributed by atoms with Crippen LogP contribution in [0.3, 0.4) is 0 Å². The lowest BCUT2D eigenvalue weighted by molar-refractivity contribution is -0.146. The van der Waals surface area contributed by atoms with E-state index in [1.807, 2.05) is 36.4 Å². The molecule has 1 aliphatic heterocycles. The number of methoxy groups -OCH3 is 4. The summed E-state index contributed by atoms with van der Waals surface area (Å²) >= 11 is 0. The van der Waals surface area contributed by atoms with Crippen molar-refractivity contribution in [3.63, 3.8) is 0 Å². The van der Waals surface area contributed by atoms with Crippen LogP contribution in [0.25, 0.3) is 0 Å². The quantitative estimate of drug-likeness (QED) is 0.459. The molecule has 37 heavy (non-hydrogen) atoms. The lowest BCUT2D eigenvalue weighted by Crippen LogP contribution is -2.46. The van der Waals surface area contributed by atoms with Crippen molar-refractivity contribution in [2.24, 2.45) is 11.0 Å².